The van der Waals surface area contributed by atoms with Crippen LogP contribution in [0.25, 0.3) is 0 Å². The lowest BCUT2D eigenvalue weighted by Crippen LogP contribution is -2.10. The summed E-state index contributed by atoms with van der Waals surface area (Å²) in [7, 11) is 0. The average Bonchev–Trinajstić information content (AvgIpc) is 1.98. The summed E-state index contributed by atoms with van der Waals surface area (Å²) in [5, 5.41) is 3.18. The lowest BCUT2D eigenvalue weighted by molar-refractivity contribution is 0.976. The van der Waals surface area contributed by atoms with E-state index in [1.165, 1.54) is 5.57 Å². The molecule has 0 aromatic carbocycles. The van der Waals surface area contributed by atoms with E-state index in [4.69, 9.17) is 0 Å². The zero-order valence-corrected chi connectivity index (χ0v) is 7.86. The molecule has 0 rings (SSSR count). The second kappa shape index (κ2) is 4.78. The van der Waals surface area contributed by atoms with Crippen LogP contribution in [0.3, 0.4) is 0 Å². The third-order valence-electron chi connectivity index (χ3n) is 1.49. The van der Waals surface area contributed by atoms with E-state index in [1.807, 2.05) is 26.8 Å². The molecule has 0 heterocycles. The van der Waals surface area contributed by atoms with E-state index in [-0.39, 0.29) is 0 Å². The highest BCUT2D eigenvalue weighted by Gasteiger charge is 1.94. The van der Waals surface area contributed by atoms with Gasteiger partial charge in [-0.3, -0.25) is 0 Å². The SMILES string of the molecule is C=C(C)NC(=C/C)/C(C)=C\C. The molecule has 0 spiro atoms. The fourth-order valence-corrected chi connectivity index (χ4v) is 0.784. The molecule has 0 aromatic rings. The largest absolute Gasteiger partial charge is 0.360 e. The molecule has 0 aliphatic carbocycles. The van der Waals surface area contributed by atoms with Crippen molar-refractivity contribution >= 4 is 0 Å². The minimum atomic E-state index is 0.972. The van der Waals surface area contributed by atoms with E-state index in [0.717, 1.165) is 11.4 Å². The maximum absolute atomic E-state index is 3.78. The summed E-state index contributed by atoms with van der Waals surface area (Å²) in [5.74, 6) is 0. The van der Waals surface area contributed by atoms with E-state index >= 15 is 0 Å². The van der Waals surface area contributed by atoms with E-state index in [9.17, 15) is 0 Å². The Morgan fingerprint density at radius 1 is 1.18 bits per heavy atom. The van der Waals surface area contributed by atoms with Crippen molar-refractivity contribution in [2.24, 2.45) is 0 Å². The third-order valence-corrected chi connectivity index (χ3v) is 1.49. The molecule has 0 saturated carbocycles. The van der Waals surface area contributed by atoms with Gasteiger partial charge in [0.05, 0.1) is 0 Å². The summed E-state index contributed by atoms with van der Waals surface area (Å²) in [4.78, 5) is 0. The molecular formula is C10H17N. The fraction of sp³-hybridized carbons (Fsp3) is 0.400. The molecule has 0 amide bonds. The first-order valence-corrected chi connectivity index (χ1v) is 3.84. The van der Waals surface area contributed by atoms with Gasteiger partial charge in [-0.05, 0) is 33.3 Å². The lowest BCUT2D eigenvalue weighted by atomic mass is 10.2. The molecule has 0 fully saturated rings. The Labute approximate surface area is 69.5 Å². The molecule has 0 radical (unpaired) electrons. The summed E-state index contributed by atoms with van der Waals surface area (Å²) < 4.78 is 0. The topological polar surface area (TPSA) is 12.0 Å². The molecule has 0 aromatic heterocycles. The number of hydrogen-bond donors (Lipinski definition) is 1. The van der Waals surface area contributed by atoms with Gasteiger partial charge < -0.3 is 5.32 Å². The Kier molecular flexibility index (Phi) is 4.35. The van der Waals surface area contributed by atoms with Crippen LogP contribution in [0.1, 0.15) is 27.7 Å². The van der Waals surface area contributed by atoms with Gasteiger partial charge >= 0.3 is 0 Å². The van der Waals surface area contributed by atoms with Crippen LogP contribution in [0.4, 0.5) is 0 Å². The Morgan fingerprint density at radius 3 is 2.00 bits per heavy atom. The molecular weight excluding hydrogens is 134 g/mol. The maximum Gasteiger partial charge on any atom is 0.0364 e. The number of rotatable bonds is 3. The summed E-state index contributed by atoms with van der Waals surface area (Å²) in [6, 6.07) is 0. The van der Waals surface area contributed by atoms with Crippen LogP contribution in [-0.2, 0) is 0 Å². The summed E-state index contributed by atoms with van der Waals surface area (Å²) in [6.45, 7) is 11.8. The normalized spacial score (nSPS) is 13.1. The zero-order valence-electron chi connectivity index (χ0n) is 7.86. The van der Waals surface area contributed by atoms with Gasteiger partial charge in [0.25, 0.3) is 0 Å². The smallest absolute Gasteiger partial charge is 0.0364 e. The Morgan fingerprint density at radius 2 is 1.73 bits per heavy atom. The van der Waals surface area contributed by atoms with Gasteiger partial charge in [-0.1, -0.05) is 18.7 Å². The number of allylic oxidation sites excluding steroid dienone is 4. The summed E-state index contributed by atoms with van der Waals surface area (Å²) >= 11 is 0. The monoisotopic (exact) mass is 151 g/mol. The summed E-state index contributed by atoms with van der Waals surface area (Å²) in [6.07, 6.45) is 4.12. The average molecular weight is 151 g/mol. The first kappa shape index (κ1) is 10.0. The molecule has 1 N–H and O–H groups in total. The highest BCUT2D eigenvalue weighted by molar-refractivity contribution is 5.28. The highest BCUT2D eigenvalue weighted by atomic mass is 14.9. The Bertz CT molecular complexity index is 197. The fourth-order valence-electron chi connectivity index (χ4n) is 0.784. The van der Waals surface area contributed by atoms with Crippen LogP contribution >= 0.6 is 0 Å². The van der Waals surface area contributed by atoms with Crippen molar-refractivity contribution in [1.82, 2.24) is 5.32 Å². The van der Waals surface area contributed by atoms with Crippen LogP contribution in [0.15, 0.2) is 35.7 Å². The molecule has 0 unspecified atom stereocenters. The van der Waals surface area contributed by atoms with Crippen molar-refractivity contribution in [3.05, 3.63) is 35.7 Å². The van der Waals surface area contributed by atoms with Gasteiger partial charge in [0.15, 0.2) is 0 Å². The zero-order chi connectivity index (χ0) is 8.85. The van der Waals surface area contributed by atoms with Gasteiger partial charge in [0.2, 0.25) is 0 Å². The van der Waals surface area contributed by atoms with Crippen LogP contribution < -0.4 is 5.32 Å². The standard InChI is InChI=1S/C10H17N/c1-6-9(5)10(7-2)11-8(3)4/h6-7,11H,3H2,1-2,4-5H3/b9-6-,10-7+. The van der Waals surface area contributed by atoms with Crippen LogP contribution in [0.5, 0.6) is 0 Å². The summed E-state index contributed by atoms with van der Waals surface area (Å²) in [5.41, 5.74) is 3.36. The van der Waals surface area contributed by atoms with Gasteiger partial charge in [0, 0.05) is 11.4 Å². The molecule has 0 aliphatic rings. The molecule has 0 aliphatic heterocycles. The van der Waals surface area contributed by atoms with Crippen LogP contribution in [0, 0.1) is 0 Å². The Balaban J connectivity index is 4.32. The van der Waals surface area contributed by atoms with Crippen molar-refractivity contribution < 1.29 is 0 Å². The minimum absolute atomic E-state index is 0.972. The van der Waals surface area contributed by atoms with E-state index in [2.05, 4.69) is 24.9 Å². The second-order valence-electron chi connectivity index (χ2n) is 2.58. The van der Waals surface area contributed by atoms with E-state index in [0.29, 0.717) is 0 Å². The molecule has 0 bridgehead atoms. The molecule has 1 nitrogen and oxygen atoms in total. The Hall–Kier alpha value is -0.980. The molecule has 0 saturated heterocycles. The quantitative estimate of drug-likeness (QED) is 0.611. The van der Waals surface area contributed by atoms with E-state index in [1.54, 1.807) is 0 Å². The minimum Gasteiger partial charge on any atom is -0.360 e. The first-order chi connectivity index (χ1) is 5.11. The predicted molar refractivity (Wildman–Crippen MR) is 51.1 cm³/mol. The molecule has 62 valence electrons. The first-order valence-electron chi connectivity index (χ1n) is 3.84. The molecule has 11 heavy (non-hydrogen) atoms. The maximum atomic E-state index is 3.78. The van der Waals surface area contributed by atoms with Gasteiger partial charge in [-0.25, -0.2) is 0 Å². The van der Waals surface area contributed by atoms with Crippen molar-refractivity contribution in [1.29, 1.82) is 0 Å². The van der Waals surface area contributed by atoms with Gasteiger partial charge in [-0.15, -0.1) is 0 Å². The predicted octanol–water partition coefficient (Wildman–Crippen LogP) is 2.98. The van der Waals surface area contributed by atoms with Crippen molar-refractivity contribution in [3.63, 3.8) is 0 Å². The molecule has 0 atom stereocenters. The second-order valence-corrected chi connectivity index (χ2v) is 2.58. The van der Waals surface area contributed by atoms with E-state index < -0.39 is 0 Å². The van der Waals surface area contributed by atoms with Gasteiger partial charge in [0.1, 0.15) is 0 Å². The van der Waals surface area contributed by atoms with Gasteiger partial charge in [-0.2, -0.15) is 0 Å². The van der Waals surface area contributed by atoms with Crippen LogP contribution in [0.2, 0.25) is 0 Å². The van der Waals surface area contributed by atoms with Crippen LogP contribution in [-0.4, -0.2) is 0 Å². The molecule has 1 heteroatoms. The van der Waals surface area contributed by atoms with Crippen molar-refractivity contribution in [2.75, 3.05) is 0 Å². The highest BCUT2D eigenvalue weighted by Crippen LogP contribution is 2.06. The van der Waals surface area contributed by atoms with Crippen molar-refractivity contribution in [3.8, 4) is 0 Å². The lowest BCUT2D eigenvalue weighted by Gasteiger charge is -2.09. The third kappa shape index (κ3) is 3.66. The number of hydrogen-bond acceptors (Lipinski definition) is 1. The van der Waals surface area contributed by atoms with Crippen molar-refractivity contribution in [2.45, 2.75) is 27.7 Å². The number of nitrogens with one attached hydrogen (secondary N) is 1.